The van der Waals surface area contributed by atoms with Crippen LogP contribution in [0.3, 0.4) is 0 Å². The molecule has 0 saturated heterocycles. The second-order valence-electron chi connectivity index (χ2n) is 3.58. The maximum Gasteiger partial charge on any atom is 0.362 e. The highest BCUT2D eigenvalue weighted by Crippen LogP contribution is 2.40. The first-order chi connectivity index (χ1) is 9.43. The molecule has 1 aromatic heterocycles. The first-order valence-corrected chi connectivity index (χ1v) is 8.58. The summed E-state index contributed by atoms with van der Waals surface area (Å²) in [5, 5.41) is 11.0. The number of nitriles is 1. The van der Waals surface area contributed by atoms with Crippen molar-refractivity contribution in [3.8, 4) is 16.3 Å². The smallest absolute Gasteiger partial charge is 0.362 e. The van der Waals surface area contributed by atoms with Crippen molar-refractivity contribution in [1.82, 2.24) is 4.98 Å². The number of methoxy groups -OCH3 is 1. The molecular weight excluding hydrogens is 323 g/mol. The number of ether oxygens (including phenoxy) is 2. The molecule has 0 aliphatic carbocycles. The minimum absolute atomic E-state index is 0.211. The Balaban J connectivity index is 2.45. The summed E-state index contributed by atoms with van der Waals surface area (Å²) >= 11 is 2.18. The normalized spacial score (nSPS) is 11.3. The second kappa shape index (κ2) is 5.99. The van der Waals surface area contributed by atoms with Crippen LogP contribution in [0.1, 0.15) is 0 Å². The van der Waals surface area contributed by atoms with Crippen molar-refractivity contribution in [2.24, 2.45) is 0 Å². The molecule has 2 rings (SSSR count). The molecule has 0 amide bonds. The Morgan fingerprint density at radius 2 is 2.30 bits per heavy atom. The van der Waals surface area contributed by atoms with Crippen molar-refractivity contribution in [3.05, 3.63) is 12.1 Å². The summed E-state index contributed by atoms with van der Waals surface area (Å²) in [4.78, 5) is 22.5. The number of hydrogen-bond donors (Lipinski definition) is 2. The van der Waals surface area contributed by atoms with Gasteiger partial charge >= 0.3 is 7.60 Å². The third kappa shape index (κ3) is 3.62. The molecule has 0 unspecified atom stereocenters. The average molecular weight is 332 g/mol. The van der Waals surface area contributed by atoms with Crippen molar-refractivity contribution >= 4 is 40.9 Å². The van der Waals surface area contributed by atoms with Crippen LogP contribution in [0.15, 0.2) is 17.0 Å². The summed E-state index contributed by atoms with van der Waals surface area (Å²) in [5.41, 5.74) is 0.447. The SMILES string of the molecule is COc1nc2c(OCP(=O)(O)O)cc(SC#N)cc2s1. The summed E-state index contributed by atoms with van der Waals surface area (Å²) in [6, 6.07) is 3.26. The van der Waals surface area contributed by atoms with Crippen LogP contribution in [-0.2, 0) is 4.57 Å². The number of fused-ring (bicyclic) bond motifs is 1. The van der Waals surface area contributed by atoms with Gasteiger partial charge < -0.3 is 19.3 Å². The van der Waals surface area contributed by atoms with Crippen molar-refractivity contribution in [2.45, 2.75) is 4.90 Å². The Morgan fingerprint density at radius 3 is 2.90 bits per heavy atom. The Labute approximate surface area is 122 Å². The number of hydrogen-bond acceptors (Lipinski definition) is 7. The third-order valence-electron chi connectivity index (χ3n) is 2.14. The van der Waals surface area contributed by atoms with Gasteiger partial charge in [0, 0.05) is 4.90 Å². The summed E-state index contributed by atoms with van der Waals surface area (Å²) in [5.74, 6) is 0.211. The highest BCUT2D eigenvalue weighted by atomic mass is 32.2. The van der Waals surface area contributed by atoms with Crippen LogP contribution in [0.5, 0.6) is 10.9 Å². The molecule has 2 N–H and O–H groups in total. The number of thiocyanates is 1. The number of aromatic nitrogens is 1. The third-order valence-corrected chi connectivity index (χ3v) is 4.13. The van der Waals surface area contributed by atoms with Gasteiger partial charge in [0.15, 0.2) is 6.35 Å². The van der Waals surface area contributed by atoms with E-state index in [0.29, 0.717) is 20.3 Å². The summed E-state index contributed by atoms with van der Waals surface area (Å²) in [7, 11) is -2.82. The monoisotopic (exact) mass is 332 g/mol. The molecule has 0 aliphatic heterocycles. The molecule has 0 bridgehead atoms. The Hall–Kier alpha value is -1.30. The van der Waals surface area contributed by atoms with Crippen LogP contribution in [0.4, 0.5) is 0 Å². The molecule has 0 fully saturated rings. The van der Waals surface area contributed by atoms with E-state index in [0.717, 1.165) is 11.8 Å². The van der Waals surface area contributed by atoms with E-state index in [2.05, 4.69) is 4.98 Å². The molecule has 0 spiro atoms. The minimum atomic E-state index is -4.29. The van der Waals surface area contributed by atoms with Gasteiger partial charge in [-0.25, -0.2) is 0 Å². The maximum atomic E-state index is 10.9. The summed E-state index contributed by atoms with van der Waals surface area (Å²) in [6.45, 7) is 0. The van der Waals surface area contributed by atoms with Crippen molar-refractivity contribution in [2.75, 3.05) is 13.5 Å². The van der Waals surface area contributed by atoms with Crippen LogP contribution in [0.25, 0.3) is 10.2 Å². The number of rotatable bonds is 5. The second-order valence-corrected chi connectivity index (χ2v) is 7.02. The van der Waals surface area contributed by atoms with Crippen molar-refractivity contribution in [3.63, 3.8) is 0 Å². The molecule has 0 aliphatic rings. The number of nitrogens with zero attached hydrogens (tertiary/aromatic N) is 2. The lowest BCUT2D eigenvalue weighted by atomic mass is 10.3. The Morgan fingerprint density at radius 1 is 1.55 bits per heavy atom. The standard InChI is InChI=1S/C10H9N2O5PS2/c1-16-10-12-9-7(17-5-18(13,14)15)2-6(19-4-11)3-8(9)20-10/h2-3H,5H2,1H3,(H2,13,14,15). The van der Waals surface area contributed by atoms with E-state index >= 15 is 0 Å². The zero-order chi connectivity index (χ0) is 14.8. The van der Waals surface area contributed by atoms with E-state index in [-0.39, 0.29) is 5.75 Å². The largest absolute Gasteiger partial charge is 0.479 e. The predicted molar refractivity (Wildman–Crippen MR) is 75.2 cm³/mol. The maximum absolute atomic E-state index is 10.9. The topological polar surface area (TPSA) is 113 Å². The molecule has 0 radical (unpaired) electrons. The molecule has 1 heterocycles. The molecule has 2 aromatic rings. The lowest BCUT2D eigenvalue weighted by Crippen LogP contribution is -1.98. The molecule has 7 nitrogen and oxygen atoms in total. The summed E-state index contributed by atoms with van der Waals surface area (Å²) in [6.07, 6.45) is -0.747. The van der Waals surface area contributed by atoms with Crippen molar-refractivity contribution in [1.29, 1.82) is 5.26 Å². The van der Waals surface area contributed by atoms with Crippen molar-refractivity contribution < 1.29 is 23.8 Å². The van der Waals surface area contributed by atoms with Gasteiger partial charge in [-0.15, -0.1) is 0 Å². The lowest BCUT2D eigenvalue weighted by Gasteiger charge is -2.08. The molecule has 20 heavy (non-hydrogen) atoms. The average Bonchev–Trinajstić information content (AvgIpc) is 2.78. The van der Waals surface area contributed by atoms with E-state index in [1.807, 2.05) is 5.40 Å². The number of benzene rings is 1. The van der Waals surface area contributed by atoms with Crippen LogP contribution in [-0.4, -0.2) is 28.2 Å². The fourth-order valence-corrected chi connectivity index (χ4v) is 3.08. The molecule has 10 heteroatoms. The van der Waals surface area contributed by atoms with Gasteiger partial charge in [-0.2, -0.15) is 10.2 Å². The highest BCUT2D eigenvalue weighted by Gasteiger charge is 2.18. The fourth-order valence-electron chi connectivity index (χ4n) is 1.42. The predicted octanol–water partition coefficient (Wildman–Crippen LogP) is 2.39. The van der Waals surface area contributed by atoms with Gasteiger partial charge in [0.25, 0.3) is 5.19 Å². The minimum Gasteiger partial charge on any atom is -0.479 e. The molecule has 1 aromatic carbocycles. The lowest BCUT2D eigenvalue weighted by molar-refractivity contribution is 0.302. The first-order valence-electron chi connectivity index (χ1n) is 5.15. The highest BCUT2D eigenvalue weighted by molar-refractivity contribution is 8.03. The first kappa shape index (κ1) is 15.1. The van der Waals surface area contributed by atoms with Gasteiger partial charge in [0.1, 0.15) is 16.7 Å². The van der Waals surface area contributed by atoms with E-state index < -0.39 is 13.9 Å². The molecular formula is C10H9N2O5PS2. The van der Waals surface area contributed by atoms with Crippen LogP contribution in [0, 0.1) is 10.7 Å². The van der Waals surface area contributed by atoms with E-state index in [1.54, 1.807) is 6.07 Å². The van der Waals surface area contributed by atoms with Gasteiger partial charge in [0.05, 0.1) is 11.8 Å². The van der Waals surface area contributed by atoms with Crippen LogP contribution in [0.2, 0.25) is 0 Å². The van der Waals surface area contributed by atoms with Gasteiger partial charge in [-0.05, 0) is 23.9 Å². The molecule has 106 valence electrons. The quantitative estimate of drug-likeness (QED) is 0.487. The van der Waals surface area contributed by atoms with Crippen LogP contribution < -0.4 is 9.47 Å². The zero-order valence-corrected chi connectivity index (χ0v) is 12.7. The van der Waals surface area contributed by atoms with Gasteiger partial charge in [-0.3, -0.25) is 4.57 Å². The number of thiazole rings is 1. The molecule has 0 atom stereocenters. The summed E-state index contributed by atoms with van der Waals surface area (Å²) < 4.78 is 21.8. The van der Waals surface area contributed by atoms with Gasteiger partial charge in [-0.1, -0.05) is 11.3 Å². The van der Waals surface area contributed by atoms with E-state index in [4.69, 9.17) is 24.5 Å². The number of thioether (sulfide) groups is 1. The van der Waals surface area contributed by atoms with Crippen LogP contribution >= 0.6 is 30.7 Å². The molecule has 0 saturated carbocycles. The van der Waals surface area contributed by atoms with E-state index in [9.17, 15) is 4.57 Å². The Bertz CT molecular complexity index is 720. The Kier molecular flexibility index (Phi) is 4.52. The van der Waals surface area contributed by atoms with Gasteiger partial charge in [0.2, 0.25) is 0 Å². The fraction of sp³-hybridized carbons (Fsp3) is 0.200. The van der Waals surface area contributed by atoms with E-state index in [1.165, 1.54) is 24.5 Å². The zero-order valence-electron chi connectivity index (χ0n) is 10.1.